The van der Waals surface area contributed by atoms with Gasteiger partial charge >= 0.3 is 0 Å². The van der Waals surface area contributed by atoms with E-state index in [1.54, 1.807) is 25.8 Å². The first-order valence-corrected chi connectivity index (χ1v) is 10.9. The molecule has 4 aromatic rings. The SMILES string of the molecule is COc1ccc(OC)c(-c2nc(COc3ccc(C=NNc4nc(N)cs4)cc3)c(C)o2)c1. The molecule has 0 radical (unpaired) electrons. The minimum absolute atomic E-state index is 0.266. The van der Waals surface area contributed by atoms with Gasteiger partial charge in [-0.15, -0.1) is 11.3 Å². The van der Waals surface area contributed by atoms with Crippen LogP contribution in [-0.2, 0) is 6.61 Å². The summed E-state index contributed by atoms with van der Waals surface area (Å²) in [6.07, 6.45) is 1.69. The van der Waals surface area contributed by atoms with Crippen LogP contribution in [0.1, 0.15) is 17.0 Å². The zero-order valence-corrected chi connectivity index (χ0v) is 19.2. The van der Waals surface area contributed by atoms with E-state index in [0.717, 1.165) is 5.56 Å². The average Bonchev–Trinajstić information content (AvgIpc) is 3.42. The Labute approximate surface area is 194 Å². The van der Waals surface area contributed by atoms with Gasteiger partial charge in [0.25, 0.3) is 0 Å². The number of aromatic nitrogens is 2. The summed E-state index contributed by atoms with van der Waals surface area (Å²) in [6.45, 7) is 2.12. The van der Waals surface area contributed by atoms with Crippen LogP contribution in [0.5, 0.6) is 17.2 Å². The third-order valence-electron chi connectivity index (χ3n) is 4.68. The lowest BCUT2D eigenvalue weighted by Crippen LogP contribution is -1.98. The van der Waals surface area contributed by atoms with E-state index in [-0.39, 0.29) is 6.61 Å². The predicted octanol–water partition coefficient (Wildman–Crippen LogP) is 4.73. The molecule has 0 saturated heterocycles. The Morgan fingerprint density at radius 1 is 1.09 bits per heavy atom. The number of oxazole rings is 1. The van der Waals surface area contributed by atoms with Gasteiger partial charge in [-0.25, -0.2) is 9.97 Å². The van der Waals surface area contributed by atoms with E-state index < -0.39 is 0 Å². The number of nitrogens with zero attached hydrogens (tertiary/aromatic N) is 3. The van der Waals surface area contributed by atoms with Crippen molar-refractivity contribution >= 4 is 28.5 Å². The highest BCUT2D eigenvalue weighted by Crippen LogP contribution is 2.34. The molecule has 0 aliphatic heterocycles. The van der Waals surface area contributed by atoms with Gasteiger partial charge in [0.05, 0.1) is 26.0 Å². The van der Waals surface area contributed by atoms with Gasteiger partial charge in [0.1, 0.15) is 41.1 Å². The van der Waals surface area contributed by atoms with Crippen LogP contribution in [0.25, 0.3) is 11.5 Å². The van der Waals surface area contributed by atoms with Gasteiger partial charge in [0.15, 0.2) is 0 Å². The molecule has 0 bridgehead atoms. The quantitative estimate of drug-likeness (QED) is 0.269. The van der Waals surface area contributed by atoms with Gasteiger partial charge in [0.2, 0.25) is 11.0 Å². The summed E-state index contributed by atoms with van der Waals surface area (Å²) < 4.78 is 22.5. The highest BCUT2D eigenvalue weighted by Gasteiger charge is 2.17. The molecule has 0 aliphatic carbocycles. The number of aryl methyl sites for hydroxylation is 1. The van der Waals surface area contributed by atoms with E-state index in [0.29, 0.717) is 51.1 Å². The van der Waals surface area contributed by atoms with Crippen LogP contribution in [0.4, 0.5) is 10.9 Å². The summed E-state index contributed by atoms with van der Waals surface area (Å²) in [6, 6.07) is 13.0. The van der Waals surface area contributed by atoms with Crippen LogP contribution < -0.4 is 25.4 Å². The fourth-order valence-corrected chi connectivity index (χ4v) is 3.51. The lowest BCUT2D eigenvalue weighted by molar-refractivity contribution is 0.299. The van der Waals surface area contributed by atoms with E-state index in [1.807, 2.05) is 49.4 Å². The highest BCUT2D eigenvalue weighted by molar-refractivity contribution is 7.14. The highest BCUT2D eigenvalue weighted by atomic mass is 32.1. The Morgan fingerprint density at radius 2 is 1.88 bits per heavy atom. The number of nitrogens with one attached hydrogen (secondary N) is 1. The Bertz CT molecular complexity index is 1250. The van der Waals surface area contributed by atoms with Crippen molar-refractivity contribution in [2.45, 2.75) is 13.5 Å². The maximum Gasteiger partial charge on any atom is 0.230 e. The topological polar surface area (TPSA) is 117 Å². The van der Waals surface area contributed by atoms with Gasteiger partial charge in [-0.1, -0.05) is 0 Å². The third-order valence-corrected chi connectivity index (χ3v) is 5.45. The first-order valence-electron chi connectivity index (χ1n) is 9.97. The lowest BCUT2D eigenvalue weighted by Gasteiger charge is -2.07. The van der Waals surface area contributed by atoms with Crippen LogP contribution in [0.2, 0.25) is 0 Å². The molecular formula is C23H23N5O4S. The van der Waals surface area contributed by atoms with Crippen molar-refractivity contribution in [2.75, 3.05) is 25.4 Å². The van der Waals surface area contributed by atoms with Gasteiger partial charge in [-0.2, -0.15) is 5.10 Å². The maximum atomic E-state index is 5.89. The summed E-state index contributed by atoms with van der Waals surface area (Å²) >= 11 is 1.39. The number of rotatable bonds is 9. The molecule has 0 fully saturated rings. The van der Waals surface area contributed by atoms with Crippen LogP contribution in [0, 0.1) is 6.92 Å². The van der Waals surface area contributed by atoms with Gasteiger partial charge in [0, 0.05) is 5.38 Å². The molecule has 2 heterocycles. The number of nitrogen functional groups attached to an aromatic ring is 1. The van der Waals surface area contributed by atoms with Crippen molar-refractivity contribution in [1.29, 1.82) is 0 Å². The molecule has 2 aromatic heterocycles. The summed E-state index contributed by atoms with van der Waals surface area (Å²) in [4.78, 5) is 8.68. The molecule has 9 nitrogen and oxygen atoms in total. The molecule has 0 saturated carbocycles. The minimum Gasteiger partial charge on any atom is -0.497 e. The van der Waals surface area contributed by atoms with E-state index >= 15 is 0 Å². The molecule has 0 spiro atoms. The second kappa shape index (κ2) is 10.0. The summed E-state index contributed by atoms with van der Waals surface area (Å²) in [7, 11) is 3.21. The zero-order valence-electron chi connectivity index (χ0n) is 18.4. The molecule has 0 aliphatic rings. The smallest absolute Gasteiger partial charge is 0.230 e. The molecule has 0 amide bonds. The van der Waals surface area contributed by atoms with Crippen molar-refractivity contribution in [1.82, 2.24) is 9.97 Å². The van der Waals surface area contributed by atoms with Crippen molar-refractivity contribution in [3.05, 3.63) is 64.9 Å². The first-order chi connectivity index (χ1) is 16.1. The van der Waals surface area contributed by atoms with Crippen molar-refractivity contribution in [2.24, 2.45) is 5.10 Å². The number of hydrogen-bond acceptors (Lipinski definition) is 10. The normalized spacial score (nSPS) is 11.0. The lowest BCUT2D eigenvalue weighted by atomic mass is 10.2. The molecule has 3 N–H and O–H groups in total. The van der Waals surface area contributed by atoms with Gasteiger partial charge in [-0.05, 0) is 55.0 Å². The summed E-state index contributed by atoms with van der Waals surface area (Å²) in [5, 5.41) is 6.54. The van der Waals surface area contributed by atoms with Gasteiger partial charge < -0.3 is 24.4 Å². The number of hydrazone groups is 1. The molecule has 10 heteroatoms. The van der Waals surface area contributed by atoms with Crippen molar-refractivity contribution in [3.8, 4) is 28.7 Å². The maximum absolute atomic E-state index is 5.89. The Balaban J connectivity index is 1.39. The van der Waals surface area contributed by atoms with E-state index in [9.17, 15) is 0 Å². The standard InChI is InChI=1S/C23H23N5O4S/c1-14-19(26-22(32-14)18-10-17(29-2)8-9-20(18)30-3)12-31-16-6-4-15(5-7-16)11-25-28-23-27-21(24)13-33-23/h4-11,13H,12,24H2,1-3H3,(H,27,28). The van der Waals surface area contributed by atoms with Gasteiger partial charge in [-0.3, -0.25) is 5.43 Å². The first kappa shape index (κ1) is 22.2. The second-order valence-corrected chi connectivity index (χ2v) is 7.75. The fraction of sp³-hybridized carbons (Fsp3) is 0.174. The molecular weight excluding hydrogens is 442 g/mol. The van der Waals surface area contributed by atoms with E-state index in [4.69, 9.17) is 24.4 Å². The minimum atomic E-state index is 0.266. The van der Waals surface area contributed by atoms with E-state index in [1.165, 1.54) is 11.3 Å². The molecule has 170 valence electrons. The largest absolute Gasteiger partial charge is 0.497 e. The third kappa shape index (κ3) is 5.42. The monoisotopic (exact) mass is 465 g/mol. The van der Waals surface area contributed by atoms with Crippen LogP contribution in [-0.4, -0.2) is 30.4 Å². The van der Waals surface area contributed by atoms with E-state index in [2.05, 4.69) is 20.5 Å². The van der Waals surface area contributed by atoms with Crippen LogP contribution in [0.3, 0.4) is 0 Å². The van der Waals surface area contributed by atoms with Crippen molar-refractivity contribution in [3.63, 3.8) is 0 Å². The Morgan fingerprint density at radius 3 is 2.58 bits per heavy atom. The zero-order chi connectivity index (χ0) is 23.2. The predicted molar refractivity (Wildman–Crippen MR) is 128 cm³/mol. The number of thiazole rings is 1. The average molecular weight is 466 g/mol. The number of hydrogen-bond donors (Lipinski definition) is 2. The molecule has 2 aromatic carbocycles. The van der Waals surface area contributed by atoms with Crippen LogP contribution >= 0.6 is 11.3 Å². The van der Waals surface area contributed by atoms with Crippen molar-refractivity contribution < 1.29 is 18.6 Å². The molecule has 0 unspecified atom stereocenters. The Kier molecular flexibility index (Phi) is 6.75. The number of anilines is 2. The summed E-state index contributed by atoms with van der Waals surface area (Å²) in [5.74, 6) is 3.63. The fourth-order valence-electron chi connectivity index (χ4n) is 2.96. The number of nitrogens with two attached hydrogens (primary N) is 1. The number of ether oxygens (including phenoxy) is 3. The number of methoxy groups -OCH3 is 2. The number of benzene rings is 2. The van der Waals surface area contributed by atoms with Crippen LogP contribution in [0.15, 0.2) is 57.4 Å². The molecule has 0 atom stereocenters. The summed E-state index contributed by atoms with van der Waals surface area (Å²) in [5.41, 5.74) is 10.7. The molecule has 4 rings (SSSR count). The molecule has 33 heavy (non-hydrogen) atoms. The Hall–Kier alpha value is -4.05. The second-order valence-electron chi connectivity index (χ2n) is 6.89.